The summed E-state index contributed by atoms with van der Waals surface area (Å²) in [6, 6.07) is 8.66. The van der Waals surface area contributed by atoms with E-state index in [0.29, 0.717) is 11.8 Å². The number of rotatable bonds is 6. The van der Waals surface area contributed by atoms with Gasteiger partial charge in [-0.15, -0.1) is 0 Å². The van der Waals surface area contributed by atoms with Crippen LogP contribution in [0, 0.1) is 0 Å². The van der Waals surface area contributed by atoms with Crippen LogP contribution in [0.5, 0.6) is 0 Å². The second-order valence-electron chi connectivity index (χ2n) is 5.54. The van der Waals surface area contributed by atoms with Gasteiger partial charge in [-0.25, -0.2) is 22.0 Å². The lowest BCUT2D eigenvalue weighted by Gasteiger charge is -2.16. The van der Waals surface area contributed by atoms with E-state index in [1.54, 1.807) is 18.4 Å². The molecule has 29 heavy (non-hydrogen) atoms. The highest BCUT2D eigenvalue weighted by atomic mass is 35.5. The maximum atomic E-state index is 11.3. The lowest BCUT2D eigenvalue weighted by molar-refractivity contribution is -0.390. The van der Waals surface area contributed by atoms with E-state index in [0.717, 1.165) is 18.4 Å². The Morgan fingerprint density at radius 3 is 2.03 bits per heavy atom. The van der Waals surface area contributed by atoms with Crippen molar-refractivity contribution in [3.8, 4) is 0 Å². The van der Waals surface area contributed by atoms with Gasteiger partial charge in [0, 0.05) is 0 Å². The molecule has 0 atom stereocenters. The molecule has 3 rings (SSSR count). The number of nitrogens with two attached hydrogens (primary N) is 1. The molecular formula is C16H18ClN3O7S2. The van der Waals surface area contributed by atoms with Crippen molar-refractivity contribution in [2.24, 2.45) is 5.14 Å². The Kier molecular flexibility index (Phi) is 7.46. The number of nitrogens with one attached hydrogen (secondary N) is 1. The summed E-state index contributed by atoms with van der Waals surface area (Å²) < 4.78 is 66.6. The van der Waals surface area contributed by atoms with Gasteiger partial charge >= 0.3 is 0 Å². The lowest BCUT2D eigenvalue weighted by Crippen LogP contribution is -2.47. The van der Waals surface area contributed by atoms with Gasteiger partial charge in [0.05, 0.1) is 34.7 Å². The third-order valence-electron chi connectivity index (χ3n) is 3.47. The first-order chi connectivity index (χ1) is 13.5. The summed E-state index contributed by atoms with van der Waals surface area (Å²) in [5.41, 5.74) is 3.49. The molecule has 13 heteroatoms. The van der Waals surface area contributed by atoms with Crippen LogP contribution in [0.3, 0.4) is 0 Å². The van der Waals surface area contributed by atoms with Gasteiger partial charge in [-0.3, -0.25) is 0 Å². The van der Waals surface area contributed by atoms with E-state index in [1.165, 1.54) is 6.26 Å². The quantitative estimate of drug-likeness (QED) is 0.454. The Labute approximate surface area is 172 Å². The number of hydrogen-bond acceptors (Lipinski definition) is 8. The molecule has 0 unspecified atom stereocenters. The molecule has 0 aliphatic carbocycles. The Balaban J connectivity index is 0.000000360. The maximum absolute atomic E-state index is 11.3. The molecule has 0 fully saturated rings. The third kappa shape index (κ3) is 6.59. The molecule has 3 aromatic rings. The van der Waals surface area contributed by atoms with Gasteiger partial charge in [-0.1, -0.05) is 11.6 Å². The summed E-state index contributed by atoms with van der Waals surface area (Å²) in [5, 5.41) is 7.27. The van der Waals surface area contributed by atoms with Crippen LogP contribution >= 0.6 is 11.6 Å². The highest BCUT2D eigenvalue weighted by Crippen LogP contribution is 2.31. The van der Waals surface area contributed by atoms with Crippen molar-refractivity contribution < 1.29 is 36.0 Å². The highest BCUT2D eigenvalue weighted by molar-refractivity contribution is 7.89. The number of hydrogen-bond donors (Lipinski definition) is 3. The first kappa shape index (κ1) is 22.9. The second-order valence-corrected chi connectivity index (χ2v) is 8.83. The van der Waals surface area contributed by atoms with Gasteiger partial charge in [0.25, 0.3) is 0 Å². The molecule has 0 amide bonds. The van der Waals surface area contributed by atoms with E-state index in [9.17, 15) is 21.4 Å². The Morgan fingerprint density at radius 1 is 1.03 bits per heavy atom. The molecule has 158 valence electrons. The summed E-state index contributed by atoms with van der Waals surface area (Å²) >= 11 is 5.78. The SMILES string of the molecule is NS(=O)(=O)c1cc(S(=O)(=O)[O-])c(NCc2ccco2)cc1Cl.[NH3+]Cc1ccco1. The van der Waals surface area contributed by atoms with Crippen molar-refractivity contribution in [1.82, 2.24) is 0 Å². The van der Waals surface area contributed by atoms with Crippen LogP contribution in [0.2, 0.25) is 5.02 Å². The van der Waals surface area contributed by atoms with Crippen LogP contribution in [0.25, 0.3) is 0 Å². The van der Waals surface area contributed by atoms with E-state index in [2.05, 4.69) is 11.1 Å². The Bertz CT molecular complexity index is 1140. The Morgan fingerprint density at radius 2 is 1.62 bits per heavy atom. The van der Waals surface area contributed by atoms with Crippen LogP contribution in [0.1, 0.15) is 11.5 Å². The standard InChI is InChI=1S/C11H11ClN2O6S2.C5H7NO/c12-8-4-9(14-6-7-2-1-3-20-7)11(22(17,18)19)5-10(8)21(13,15)16;6-4-5-2-1-3-7-5/h1-5,14H,6H2,(H2,13,15,16)(H,17,18,19);1-3H,4,6H2. The van der Waals surface area contributed by atoms with Gasteiger partial charge in [0.1, 0.15) is 27.3 Å². The molecule has 0 saturated carbocycles. The molecule has 0 bridgehead atoms. The number of furan rings is 2. The highest BCUT2D eigenvalue weighted by Gasteiger charge is 2.20. The van der Waals surface area contributed by atoms with Crippen molar-refractivity contribution in [2.75, 3.05) is 5.32 Å². The van der Waals surface area contributed by atoms with Crippen molar-refractivity contribution >= 4 is 37.4 Å². The molecule has 0 aliphatic rings. The average molecular weight is 464 g/mol. The van der Waals surface area contributed by atoms with Crippen molar-refractivity contribution in [2.45, 2.75) is 22.9 Å². The van der Waals surface area contributed by atoms with E-state index in [1.807, 2.05) is 12.1 Å². The van der Waals surface area contributed by atoms with E-state index in [-0.39, 0.29) is 17.3 Å². The lowest BCUT2D eigenvalue weighted by atomic mass is 10.3. The third-order valence-corrected chi connectivity index (χ3v) is 5.72. The zero-order valence-electron chi connectivity index (χ0n) is 14.9. The number of quaternary nitrogens is 1. The van der Waals surface area contributed by atoms with Gasteiger partial charge in [-0.05, 0) is 36.4 Å². The van der Waals surface area contributed by atoms with Crippen molar-refractivity contribution in [1.29, 1.82) is 0 Å². The number of benzene rings is 1. The number of anilines is 1. The predicted octanol–water partition coefficient (Wildman–Crippen LogP) is 1.12. The summed E-state index contributed by atoms with van der Waals surface area (Å²) in [4.78, 5) is -1.42. The fourth-order valence-electron chi connectivity index (χ4n) is 2.15. The van der Waals surface area contributed by atoms with Crippen LogP contribution in [0.15, 0.2) is 67.5 Å². The minimum absolute atomic E-state index is 0.0700. The number of primary sulfonamides is 1. The van der Waals surface area contributed by atoms with Crippen molar-refractivity contribution in [3.05, 3.63) is 65.5 Å². The number of sulfonamides is 1. The second kappa shape index (κ2) is 9.43. The topological polar surface area (TPSA) is 183 Å². The van der Waals surface area contributed by atoms with Crippen molar-refractivity contribution in [3.63, 3.8) is 0 Å². The average Bonchev–Trinajstić information content (AvgIpc) is 3.32. The van der Waals surface area contributed by atoms with Crippen LogP contribution in [0.4, 0.5) is 5.69 Å². The van der Waals surface area contributed by atoms with E-state index >= 15 is 0 Å². The molecule has 2 heterocycles. The smallest absolute Gasteiger partial charge is 0.239 e. The molecule has 0 spiro atoms. The molecule has 6 N–H and O–H groups in total. The van der Waals surface area contributed by atoms with Gasteiger partial charge in [0.2, 0.25) is 10.0 Å². The minimum Gasteiger partial charge on any atom is -0.744 e. The Hall–Kier alpha value is -2.35. The maximum Gasteiger partial charge on any atom is 0.239 e. The first-order valence-corrected chi connectivity index (χ1v) is 11.3. The summed E-state index contributed by atoms with van der Waals surface area (Å²) in [7, 11) is -9.22. The molecule has 0 radical (unpaired) electrons. The first-order valence-electron chi connectivity index (χ1n) is 7.92. The van der Waals surface area contributed by atoms with Gasteiger partial charge in [0.15, 0.2) is 5.76 Å². The fraction of sp³-hybridized carbons (Fsp3) is 0.125. The molecule has 2 aromatic heterocycles. The largest absolute Gasteiger partial charge is 0.744 e. The molecule has 1 aromatic carbocycles. The van der Waals surface area contributed by atoms with Crippen LogP contribution in [-0.2, 0) is 33.2 Å². The molecule has 0 aliphatic heterocycles. The van der Waals surface area contributed by atoms with Gasteiger partial charge < -0.3 is 24.4 Å². The zero-order chi connectivity index (χ0) is 21.7. The van der Waals surface area contributed by atoms with E-state index < -0.39 is 29.9 Å². The van der Waals surface area contributed by atoms with E-state index in [4.69, 9.17) is 25.6 Å². The normalized spacial score (nSPS) is 11.6. The molecule has 10 nitrogen and oxygen atoms in total. The summed E-state index contributed by atoms with van der Waals surface area (Å²) in [6.07, 6.45) is 3.07. The summed E-state index contributed by atoms with van der Waals surface area (Å²) in [6.45, 7) is 0.813. The van der Waals surface area contributed by atoms with Crippen LogP contribution in [-0.4, -0.2) is 21.4 Å². The summed E-state index contributed by atoms with van der Waals surface area (Å²) in [5.74, 6) is 1.42. The molecule has 0 saturated heterocycles. The predicted molar refractivity (Wildman–Crippen MR) is 102 cm³/mol. The zero-order valence-corrected chi connectivity index (χ0v) is 17.3. The van der Waals surface area contributed by atoms with Crippen LogP contribution < -0.4 is 16.2 Å². The minimum atomic E-state index is -4.95. The monoisotopic (exact) mass is 463 g/mol. The molecular weight excluding hydrogens is 446 g/mol. The number of halogens is 1. The van der Waals surface area contributed by atoms with Gasteiger partial charge in [-0.2, -0.15) is 0 Å². The fourth-order valence-corrected chi connectivity index (χ4v) is 3.98.